The molecule has 3 aromatic rings. The molecule has 0 aliphatic rings. The molecule has 0 radical (unpaired) electrons. The minimum atomic E-state index is -1.16. The van der Waals surface area contributed by atoms with Crippen LogP contribution in [0.5, 0.6) is 0 Å². The molecular formula is C22H20O6. The van der Waals surface area contributed by atoms with Crippen LogP contribution in [0.2, 0.25) is 0 Å². The minimum Gasteiger partial charge on any atom is -0.478 e. The zero-order valence-corrected chi connectivity index (χ0v) is 15.7. The number of ketones is 2. The summed E-state index contributed by atoms with van der Waals surface area (Å²) >= 11 is 0. The Morgan fingerprint density at radius 2 is 1.54 bits per heavy atom. The molecule has 0 bridgehead atoms. The highest BCUT2D eigenvalue weighted by molar-refractivity contribution is 6.11. The minimum absolute atomic E-state index is 0.0420. The van der Waals surface area contributed by atoms with Crippen molar-refractivity contribution >= 4 is 39.5 Å². The molecule has 0 unspecified atom stereocenters. The number of fused-ring (bicyclic) bond motifs is 2. The summed E-state index contributed by atoms with van der Waals surface area (Å²) in [5.41, 5.74) is 0.318. The van der Waals surface area contributed by atoms with Gasteiger partial charge in [0, 0.05) is 18.4 Å². The van der Waals surface area contributed by atoms with E-state index >= 15 is 0 Å². The fraction of sp³-hybridized carbons (Fsp3) is 0.273. The van der Waals surface area contributed by atoms with Crippen LogP contribution in [0.4, 0.5) is 0 Å². The van der Waals surface area contributed by atoms with Gasteiger partial charge in [-0.3, -0.25) is 14.4 Å². The van der Waals surface area contributed by atoms with Crippen molar-refractivity contribution < 1.29 is 23.9 Å². The number of rotatable bonds is 7. The van der Waals surface area contributed by atoms with Crippen LogP contribution >= 0.6 is 0 Å². The van der Waals surface area contributed by atoms with Gasteiger partial charge in [0.15, 0.2) is 11.6 Å². The lowest BCUT2D eigenvalue weighted by Gasteiger charge is -2.09. The Balaban J connectivity index is 2.39. The monoisotopic (exact) mass is 380 g/mol. The fourth-order valence-electron chi connectivity index (χ4n) is 3.19. The predicted octanol–water partition coefficient (Wildman–Crippen LogP) is 4.61. The summed E-state index contributed by atoms with van der Waals surface area (Å²) in [5.74, 6) is -1.52. The maximum absolute atomic E-state index is 13.1. The maximum atomic E-state index is 13.1. The summed E-state index contributed by atoms with van der Waals surface area (Å²) in [6.07, 6.45) is 1.83. The summed E-state index contributed by atoms with van der Waals surface area (Å²) in [4.78, 5) is 49.3. The number of aromatic carboxylic acids is 1. The average molecular weight is 380 g/mol. The summed E-state index contributed by atoms with van der Waals surface area (Å²) in [6.45, 7) is 3.74. The van der Waals surface area contributed by atoms with E-state index in [4.69, 9.17) is 4.42 Å². The van der Waals surface area contributed by atoms with Gasteiger partial charge in [-0.05, 0) is 43.2 Å². The molecule has 0 aliphatic carbocycles. The van der Waals surface area contributed by atoms with E-state index in [1.165, 1.54) is 30.3 Å². The SMILES string of the molecule is CCCC(=O)c1cc(C(=O)CCC)c2oc3ccc(C(=O)O)cc3c(=O)c2c1. The van der Waals surface area contributed by atoms with Crippen LogP contribution in [0.25, 0.3) is 21.9 Å². The lowest BCUT2D eigenvalue weighted by molar-refractivity contribution is 0.0696. The molecule has 0 aliphatic heterocycles. The maximum Gasteiger partial charge on any atom is 0.335 e. The first-order chi connectivity index (χ1) is 13.4. The molecule has 1 aromatic heterocycles. The number of carbonyl (C=O) groups is 3. The molecule has 0 saturated carbocycles. The molecule has 28 heavy (non-hydrogen) atoms. The van der Waals surface area contributed by atoms with Gasteiger partial charge in [0.2, 0.25) is 5.43 Å². The third-order valence-corrected chi connectivity index (χ3v) is 4.59. The molecule has 1 heterocycles. The molecule has 2 aromatic carbocycles. The third-order valence-electron chi connectivity index (χ3n) is 4.59. The molecule has 3 rings (SSSR count). The first-order valence-corrected chi connectivity index (χ1v) is 9.21. The normalized spacial score (nSPS) is 11.1. The van der Waals surface area contributed by atoms with Crippen LogP contribution in [-0.2, 0) is 0 Å². The molecule has 0 atom stereocenters. The molecule has 0 amide bonds. The Labute approximate surface area is 160 Å². The first-order valence-electron chi connectivity index (χ1n) is 9.21. The van der Waals surface area contributed by atoms with Gasteiger partial charge in [-0.2, -0.15) is 0 Å². The van der Waals surface area contributed by atoms with Gasteiger partial charge in [-0.1, -0.05) is 13.8 Å². The standard InChI is InChI=1S/C22H20O6/c1-3-5-17(23)13-10-14(18(24)6-4-2)21-16(11-13)20(25)15-9-12(22(26)27)7-8-19(15)28-21/h7-11H,3-6H2,1-2H3,(H,26,27). The molecule has 1 N–H and O–H groups in total. The number of carboxylic acids is 1. The summed E-state index contributed by atoms with van der Waals surface area (Å²) in [7, 11) is 0. The second-order valence-electron chi connectivity index (χ2n) is 6.69. The predicted molar refractivity (Wildman–Crippen MR) is 105 cm³/mol. The summed E-state index contributed by atoms with van der Waals surface area (Å²) in [5, 5.41) is 9.38. The number of carboxylic acid groups (broad SMARTS) is 1. The van der Waals surface area contributed by atoms with Crippen molar-refractivity contribution in [3.63, 3.8) is 0 Å². The Morgan fingerprint density at radius 1 is 0.893 bits per heavy atom. The number of benzene rings is 2. The van der Waals surface area contributed by atoms with Crippen molar-refractivity contribution in [2.75, 3.05) is 0 Å². The van der Waals surface area contributed by atoms with E-state index < -0.39 is 11.4 Å². The van der Waals surface area contributed by atoms with Crippen LogP contribution in [0.3, 0.4) is 0 Å². The second-order valence-corrected chi connectivity index (χ2v) is 6.69. The molecule has 0 saturated heterocycles. The quantitative estimate of drug-likeness (QED) is 0.474. The largest absolute Gasteiger partial charge is 0.478 e. The Hall–Kier alpha value is -3.28. The molecule has 6 nitrogen and oxygen atoms in total. The molecule has 0 fully saturated rings. The van der Waals surface area contributed by atoms with Gasteiger partial charge < -0.3 is 9.52 Å². The Bertz CT molecular complexity index is 1170. The highest BCUT2D eigenvalue weighted by Gasteiger charge is 2.20. The highest BCUT2D eigenvalue weighted by atomic mass is 16.4. The second kappa shape index (κ2) is 7.76. The average Bonchev–Trinajstić information content (AvgIpc) is 2.67. The van der Waals surface area contributed by atoms with Gasteiger partial charge in [-0.15, -0.1) is 0 Å². The van der Waals surface area contributed by atoms with Crippen molar-refractivity contribution in [1.82, 2.24) is 0 Å². The van der Waals surface area contributed by atoms with Crippen molar-refractivity contribution in [2.45, 2.75) is 39.5 Å². The van der Waals surface area contributed by atoms with Crippen molar-refractivity contribution in [1.29, 1.82) is 0 Å². The smallest absolute Gasteiger partial charge is 0.335 e. The van der Waals surface area contributed by atoms with Crippen LogP contribution in [0.15, 0.2) is 39.5 Å². The number of Topliss-reactive ketones (excluding diaryl/α,β-unsaturated/α-hetero) is 2. The van der Waals surface area contributed by atoms with Gasteiger partial charge in [0.05, 0.1) is 21.9 Å². The molecule has 144 valence electrons. The molecule has 6 heteroatoms. The van der Waals surface area contributed by atoms with Crippen LogP contribution < -0.4 is 5.43 Å². The number of carbonyl (C=O) groups excluding carboxylic acids is 2. The van der Waals surface area contributed by atoms with Crippen LogP contribution in [0, 0.1) is 0 Å². The van der Waals surface area contributed by atoms with Crippen molar-refractivity contribution in [3.8, 4) is 0 Å². The topological polar surface area (TPSA) is 102 Å². The van der Waals surface area contributed by atoms with Gasteiger partial charge in [-0.25, -0.2) is 4.79 Å². The molecular weight excluding hydrogens is 360 g/mol. The van der Waals surface area contributed by atoms with E-state index in [0.29, 0.717) is 19.3 Å². The van der Waals surface area contributed by atoms with E-state index in [-0.39, 0.29) is 56.6 Å². The van der Waals surface area contributed by atoms with Gasteiger partial charge in [0.25, 0.3) is 0 Å². The van der Waals surface area contributed by atoms with Crippen LogP contribution in [0.1, 0.15) is 70.6 Å². The number of hydrogen-bond donors (Lipinski definition) is 1. The van der Waals surface area contributed by atoms with Crippen molar-refractivity contribution in [2.24, 2.45) is 0 Å². The van der Waals surface area contributed by atoms with E-state index in [1.54, 1.807) is 0 Å². The zero-order valence-electron chi connectivity index (χ0n) is 15.7. The highest BCUT2D eigenvalue weighted by Crippen LogP contribution is 2.26. The van der Waals surface area contributed by atoms with Crippen molar-refractivity contribution in [3.05, 3.63) is 57.2 Å². The number of hydrogen-bond acceptors (Lipinski definition) is 5. The van der Waals surface area contributed by atoms with Gasteiger partial charge in [0.1, 0.15) is 11.2 Å². The van der Waals surface area contributed by atoms with E-state index in [1.807, 2.05) is 13.8 Å². The zero-order chi connectivity index (χ0) is 20.4. The Kier molecular flexibility index (Phi) is 5.40. The lowest BCUT2D eigenvalue weighted by atomic mass is 9.96. The Morgan fingerprint density at radius 3 is 2.18 bits per heavy atom. The van der Waals surface area contributed by atoms with E-state index in [9.17, 15) is 24.3 Å². The van der Waals surface area contributed by atoms with Gasteiger partial charge >= 0.3 is 5.97 Å². The summed E-state index contributed by atoms with van der Waals surface area (Å²) < 4.78 is 5.83. The molecule has 0 spiro atoms. The first kappa shape index (κ1) is 19.5. The fourth-order valence-corrected chi connectivity index (χ4v) is 3.19. The lowest BCUT2D eigenvalue weighted by Crippen LogP contribution is -2.10. The van der Waals surface area contributed by atoms with Crippen LogP contribution in [-0.4, -0.2) is 22.6 Å². The van der Waals surface area contributed by atoms with E-state index in [0.717, 1.165) is 0 Å². The third kappa shape index (κ3) is 3.45. The van der Waals surface area contributed by atoms with E-state index in [2.05, 4.69) is 0 Å². The summed E-state index contributed by atoms with van der Waals surface area (Å²) in [6, 6.07) is 6.93.